The van der Waals surface area contributed by atoms with Gasteiger partial charge in [-0.3, -0.25) is 9.88 Å². The molecular formula is C33H33F3N8O3. The molecule has 4 aromatic rings. The molecule has 1 aromatic carbocycles. The number of fused-ring (bicyclic) bond motifs is 7. The number of nitrogens with two attached hydrogens (primary N) is 1. The number of ether oxygens (including phenoxy) is 2. The molecular weight excluding hydrogens is 613 g/mol. The summed E-state index contributed by atoms with van der Waals surface area (Å²) in [6.07, 6.45) is 4.09. The van der Waals surface area contributed by atoms with Crippen molar-refractivity contribution in [1.29, 1.82) is 5.26 Å². The summed E-state index contributed by atoms with van der Waals surface area (Å²) >= 11 is 0. The number of hydrogen-bond acceptors (Lipinski definition) is 11. The molecule has 4 fully saturated rings. The summed E-state index contributed by atoms with van der Waals surface area (Å²) in [5, 5.41) is 10.4. The Labute approximate surface area is 268 Å². The van der Waals surface area contributed by atoms with E-state index in [9.17, 15) is 14.0 Å². The Bertz CT molecular complexity index is 2000. The molecule has 244 valence electrons. The molecule has 47 heavy (non-hydrogen) atoms. The fourth-order valence-corrected chi connectivity index (χ4v) is 8.99. The number of nitrogens with zero attached hydrogens (tertiary/aromatic N) is 7. The number of benzene rings is 1. The number of alkyl halides is 1. The molecule has 2 N–H and O–H groups in total. The van der Waals surface area contributed by atoms with Crippen molar-refractivity contribution in [2.24, 2.45) is 0 Å². The summed E-state index contributed by atoms with van der Waals surface area (Å²) in [6, 6.07) is 2.31. The maximum Gasteiger partial charge on any atom is 0.319 e. The van der Waals surface area contributed by atoms with E-state index in [2.05, 4.69) is 31.7 Å². The summed E-state index contributed by atoms with van der Waals surface area (Å²) in [7, 11) is 2.10. The Morgan fingerprint density at radius 1 is 1.13 bits per heavy atom. The number of likely N-dealkylation sites (tertiary alicyclic amines) is 1. The normalized spacial score (nSPS) is 27.2. The van der Waals surface area contributed by atoms with Gasteiger partial charge in [-0.15, -0.1) is 0 Å². The van der Waals surface area contributed by atoms with Crippen LogP contribution < -0.4 is 15.4 Å². The number of furan rings is 1. The smallest absolute Gasteiger partial charge is 0.319 e. The summed E-state index contributed by atoms with van der Waals surface area (Å²) in [5.74, 6) is -1.22. The third-order valence-electron chi connectivity index (χ3n) is 10.9. The largest absolute Gasteiger partial charge is 0.461 e. The van der Waals surface area contributed by atoms with E-state index in [0.29, 0.717) is 35.3 Å². The minimum absolute atomic E-state index is 0.0114. The van der Waals surface area contributed by atoms with Crippen LogP contribution in [0.4, 0.5) is 24.9 Å². The van der Waals surface area contributed by atoms with E-state index in [-0.39, 0.29) is 77.1 Å². The number of pyridine rings is 1. The van der Waals surface area contributed by atoms with Crippen molar-refractivity contribution < 1.29 is 27.1 Å². The molecule has 0 aliphatic carbocycles. The molecule has 3 aromatic heterocycles. The predicted octanol–water partition coefficient (Wildman–Crippen LogP) is 4.44. The maximum absolute atomic E-state index is 17.3. The van der Waals surface area contributed by atoms with Gasteiger partial charge in [0.1, 0.15) is 35.7 Å². The fraction of sp³-hybridized carbons (Fsp3) is 0.515. The van der Waals surface area contributed by atoms with Gasteiger partial charge in [0.25, 0.3) is 0 Å². The molecule has 0 radical (unpaired) electrons. The van der Waals surface area contributed by atoms with E-state index in [4.69, 9.17) is 24.6 Å². The van der Waals surface area contributed by atoms with Crippen LogP contribution in [-0.2, 0) is 18.0 Å². The summed E-state index contributed by atoms with van der Waals surface area (Å²) in [4.78, 5) is 20.7. The summed E-state index contributed by atoms with van der Waals surface area (Å²) in [5.41, 5.74) is 6.41. The number of rotatable bonds is 5. The van der Waals surface area contributed by atoms with Crippen molar-refractivity contribution >= 4 is 33.6 Å². The second-order valence-corrected chi connectivity index (χ2v) is 13.7. The molecule has 2 unspecified atom stereocenters. The average molecular weight is 647 g/mol. The maximum atomic E-state index is 17.3. The first kappa shape index (κ1) is 29.0. The van der Waals surface area contributed by atoms with E-state index >= 15 is 4.39 Å². The lowest BCUT2D eigenvalue weighted by Crippen LogP contribution is -2.53. The van der Waals surface area contributed by atoms with Gasteiger partial charge >= 0.3 is 6.01 Å². The number of aromatic nitrogens is 3. The Morgan fingerprint density at radius 3 is 2.70 bits per heavy atom. The zero-order chi connectivity index (χ0) is 32.2. The van der Waals surface area contributed by atoms with E-state index in [1.165, 1.54) is 0 Å². The SMILES string of the molecule is CN1CC2CCC(C1)N2c1nc(OC[C@@]23CCCN2C[C@H](F)C3)nc2c(F)c(-c3ncc(F)c4oc(N)c(C#N)c34)c3c(c12)COC3. The van der Waals surface area contributed by atoms with Gasteiger partial charge in [0.2, 0.25) is 5.88 Å². The van der Waals surface area contributed by atoms with Crippen LogP contribution in [0.15, 0.2) is 10.6 Å². The van der Waals surface area contributed by atoms with Crippen LogP contribution in [0.3, 0.4) is 0 Å². The van der Waals surface area contributed by atoms with Gasteiger partial charge in [-0.25, -0.2) is 13.2 Å². The number of hydrogen-bond donors (Lipinski definition) is 1. The Morgan fingerprint density at radius 2 is 1.91 bits per heavy atom. The van der Waals surface area contributed by atoms with Crippen LogP contribution in [0, 0.1) is 23.0 Å². The summed E-state index contributed by atoms with van der Waals surface area (Å²) < 4.78 is 64.4. The number of piperazine rings is 1. The molecule has 0 amide bonds. The standard InChI is InChI=1S/C33H33F3N8O3/c1-42-11-17-3-4-18(12-42)44(17)31-25-21-14-45-13-20(21)23(27-24-19(8-37)30(38)47-29(24)22(35)9-39-27)26(36)28(25)40-32(41-31)46-15-33-5-2-6-43(33)10-16(34)7-33/h9,16-18H,2-7,10-15,38H2,1H3/t16-,17?,18?,33+/m1/s1. The first-order valence-electron chi connectivity index (χ1n) is 16.1. The van der Waals surface area contributed by atoms with Gasteiger partial charge in [-0.05, 0) is 50.4 Å². The number of likely N-dealkylation sites (N-methyl/N-ethyl adjacent to an activating group) is 1. The monoisotopic (exact) mass is 646 g/mol. The van der Waals surface area contributed by atoms with E-state index in [1.54, 1.807) is 0 Å². The third kappa shape index (κ3) is 4.19. The first-order chi connectivity index (χ1) is 22.8. The highest BCUT2D eigenvalue weighted by Crippen LogP contribution is 2.48. The third-order valence-corrected chi connectivity index (χ3v) is 10.9. The number of anilines is 2. The minimum Gasteiger partial charge on any atom is -0.461 e. The van der Waals surface area contributed by atoms with Crippen molar-refractivity contribution in [3.63, 3.8) is 0 Å². The highest BCUT2D eigenvalue weighted by atomic mass is 19.1. The second-order valence-electron chi connectivity index (χ2n) is 13.7. The minimum atomic E-state index is -0.925. The van der Waals surface area contributed by atoms with Gasteiger partial charge in [-0.1, -0.05) is 0 Å². The molecule has 11 nitrogen and oxygen atoms in total. The fourth-order valence-electron chi connectivity index (χ4n) is 8.99. The van der Waals surface area contributed by atoms with Crippen molar-refractivity contribution in [3.05, 3.63) is 34.5 Å². The molecule has 9 rings (SSSR count). The number of halogens is 3. The molecule has 8 heterocycles. The van der Waals surface area contributed by atoms with Gasteiger partial charge in [-0.2, -0.15) is 15.2 Å². The van der Waals surface area contributed by atoms with Crippen LogP contribution in [-0.4, -0.2) is 88.4 Å². The lowest BCUT2D eigenvalue weighted by atomic mass is 9.93. The Kier molecular flexibility index (Phi) is 6.42. The van der Waals surface area contributed by atoms with Crippen LogP contribution in [0.25, 0.3) is 33.1 Å². The van der Waals surface area contributed by atoms with Gasteiger partial charge < -0.3 is 29.4 Å². The molecule has 2 bridgehead atoms. The topological polar surface area (TPSA) is 130 Å². The zero-order valence-corrected chi connectivity index (χ0v) is 25.9. The van der Waals surface area contributed by atoms with Gasteiger partial charge in [0.15, 0.2) is 17.2 Å². The van der Waals surface area contributed by atoms with Crippen LogP contribution in [0.1, 0.15) is 48.8 Å². The molecule has 5 aliphatic rings. The van der Waals surface area contributed by atoms with E-state index in [0.717, 1.165) is 51.5 Å². The van der Waals surface area contributed by atoms with Gasteiger partial charge in [0, 0.05) is 43.7 Å². The molecule has 4 atom stereocenters. The molecule has 0 spiro atoms. The Hall–Kier alpha value is -4.19. The quantitative estimate of drug-likeness (QED) is 0.330. The zero-order valence-electron chi connectivity index (χ0n) is 25.9. The van der Waals surface area contributed by atoms with E-state index in [1.807, 2.05) is 6.07 Å². The van der Waals surface area contributed by atoms with Crippen LogP contribution >= 0.6 is 0 Å². The lowest BCUT2D eigenvalue weighted by molar-refractivity contribution is 0.107. The van der Waals surface area contributed by atoms with Crippen molar-refractivity contribution in [3.8, 4) is 23.3 Å². The second kappa shape index (κ2) is 10.4. The van der Waals surface area contributed by atoms with Crippen molar-refractivity contribution in [2.75, 3.05) is 50.5 Å². The van der Waals surface area contributed by atoms with Crippen LogP contribution in [0.2, 0.25) is 0 Å². The highest BCUT2D eigenvalue weighted by Gasteiger charge is 2.50. The summed E-state index contributed by atoms with van der Waals surface area (Å²) in [6.45, 7) is 3.31. The molecule has 14 heteroatoms. The number of nitrogen functional groups attached to an aromatic ring is 1. The molecule has 4 saturated heterocycles. The van der Waals surface area contributed by atoms with Crippen LogP contribution in [0.5, 0.6) is 6.01 Å². The highest BCUT2D eigenvalue weighted by molar-refractivity contribution is 6.04. The lowest BCUT2D eigenvalue weighted by Gasteiger charge is -2.41. The number of nitriles is 1. The molecule has 5 aliphatic heterocycles. The Balaban J connectivity index is 1.27. The van der Waals surface area contributed by atoms with Crippen molar-refractivity contribution in [1.82, 2.24) is 24.8 Å². The van der Waals surface area contributed by atoms with Crippen molar-refractivity contribution in [2.45, 2.75) is 69.1 Å². The average Bonchev–Trinajstić information content (AvgIpc) is 3.85. The molecule has 0 saturated carbocycles. The van der Waals surface area contributed by atoms with Gasteiger partial charge in [0.05, 0.1) is 41.4 Å². The first-order valence-corrected chi connectivity index (χ1v) is 16.1. The predicted molar refractivity (Wildman–Crippen MR) is 165 cm³/mol. The van der Waals surface area contributed by atoms with E-state index < -0.39 is 23.3 Å².